The predicted octanol–water partition coefficient (Wildman–Crippen LogP) is 5.66. The van der Waals surface area contributed by atoms with Gasteiger partial charge in [-0.2, -0.15) is 0 Å². The first kappa shape index (κ1) is 21.0. The number of ether oxygens (including phenoxy) is 1. The number of hydrogen-bond donors (Lipinski definition) is 0. The van der Waals surface area contributed by atoms with Crippen LogP contribution in [0.3, 0.4) is 0 Å². The number of rotatable bonds is 3. The number of allylic oxidation sites excluding steroid dienone is 2. The van der Waals surface area contributed by atoms with Gasteiger partial charge in [0.2, 0.25) is 0 Å². The number of carbonyl (C=O) groups excluding carboxylic acids is 2. The number of fused-ring (bicyclic) bond motifs is 1. The first-order chi connectivity index (χ1) is 14.0. The monoisotopic (exact) mass is 407 g/mol. The van der Waals surface area contributed by atoms with Crippen molar-refractivity contribution in [2.75, 3.05) is 0 Å². The molecule has 4 nitrogen and oxygen atoms in total. The molecule has 30 heavy (non-hydrogen) atoms. The van der Waals surface area contributed by atoms with Gasteiger partial charge in [0, 0.05) is 35.7 Å². The fraction of sp³-hybridized carbons (Fsp3) is 0.577. The second-order valence-electron chi connectivity index (χ2n) is 11.1. The zero-order valence-electron chi connectivity index (χ0n) is 19.0. The van der Waals surface area contributed by atoms with Gasteiger partial charge in [-0.3, -0.25) is 14.6 Å². The van der Waals surface area contributed by atoms with Crippen LogP contribution < -0.4 is 4.74 Å². The Morgan fingerprint density at radius 1 is 0.900 bits per heavy atom. The molecule has 1 aromatic rings. The minimum Gasteiger partial charge on any atom is -0.491 e. The third-order valence-corrected chi connectivity index (χ3v) is 6.45. The maximum absolute atomic E-state index is 13.3. The van der Waals surface area contributed by atoms with E-state index < -0.39 is 0 Å². The Labute approximate surface area is 179 Å². The van der Waals surface area contributed by atoms with E-state index in [1.807, 2.05) is 38.1 Å². The summed E-state index contributed by atoms with van der Waals surface area (Å²) in [5, 5.41) is 0. The molecule has 2 atom stereocenters. The van der Waals surface area contributed by atoms with Crippen LogP contribution in [0.15, 0.2) is 40.5 Å². The van der Waals surface area contributed by atoms with Gasteiger partial charge in [0.05, 0.1) is 12.0 Å². The van der Waals surface area contributed by atoms with Gasteiger partial charge >= 0.3 is 0 Å². The lowest BCUT2D eigenvalue weighted by Gasteiger charge is -2.44. The third-order valence-electron chi connectivity index (χ3n) is 6.45. The summed E-state index contributed by atoms with van der Waals surface area (Å²) in [4.78, 5) is 31.6. The highest BCUT2D eigenvalue weighted by Crippen LogP contribution is 2.51. The summed E-state index contributed by atoms with van der Waals surface area (Å²) in [6, 6.07) is 7.96. The molecule has 0 radical (unpaired) electrons. The average molecular weight is 408 g/mol. The molecule has 0 amide bonds. The van der Waals surface area contributed by atoms with Gasteiger partial charge in [-0.25, -0.2) is 0 Å². The molecule has 0 saturated heterocycles. The molecule has 4 rings (SSSR count). The Hall–Kier alpha value is -2.23. The molecule has 0 bridgehead atoms. The minimum absolute atomic E-state index is 0.0851. The van der Waals surface area contributed by atoms with Crippen LogP contribution in [0.4, 0.5) is 0 Å². The molecule has 0 spiro atoms. The minimum atomic E-state index is -0.321. The van der Waals surface area contributed by atoms with E-state index in [4.69, 9.17) is 9.73 Å². The summed E-state index contributed by atoms with van der Waals surface area (Å²) in [7, 11) is 0. The van der Waals surface area contributed by atoms with Gasteiger partial charge in [0.25, 0.3) is 0 Å². The molecule has 1 aliphatic heterocycles. The van der Waals surface area contributed by atoms with Gasteiger partial charge < -0.3 is 4.74 Å². The van der Waals surface area contributed by atoms with Gasteiger partial charge in [-0.05, 0) is 55.2 Å². The van der Waals surface area contributed by atoms with Crippen molar-refractivity contribution < 1.29 is 14.3 Å². The fourth-order valence-corrected chi connectivity index (χ4v) is 5.40. The van der Waals surface area contributed by atoms with E-state index in [1.54, 1.807) is 0 Å². The second kappa shape index (κ2) is 7.18. The van der Waals surface area contributed by atoms with E-state index in [0.717, 1.165) is 41.1 Å². The van der Waals surface area contributed by atoms with Crippen LogP contribution in [0.1, 0.15) is 78.7 Å². The summed E-state index contributed by atoms with van der Waals surface area (Å²) in [6.45, 7) is 12.5. The lowest BCUT2D eigenvalue weighted by atomic mass is 9.60. The maximum Gasteiger partial charge on any atom is 0.161 e. The van der Waals surface area contributed by atoms with Crippen molar-refractivity contribution in [3.63, 3.8) is 0 Å². The predicted molar refractivity (Wildman–Crippen MR) is 119 cm³/mol. The van der Waals surface area contributed by atoms with E-state index in [-0.39, 0.29) is 40.3 Å². The van der Waals surface area contributed by atoms with Crippen LogP contribution in [0, 0.1) is 16.7 Å². The summed E-state index contributed by atoms with van der Waals surface area (Å²) >= 11 is 0. The van der Waals surface area contributed by atoms with Gasteiger partial charge in [-0.15, -0.1) is 0 Å². The molecule has 160 valence electrons. The van der Waals surface area contributed by atoms with Gasteiger partial charge in [0.15, 0.2) is 5.78 Å². The summed E-state index contributed by atoms with van der Waals surface area (Å²) in [6.07, 6.45) is 2.73. The summed E-state index contributed by atoms with van der Waals surface area (Å²) in [5.74, 6) is 0.613. The van der Waals surface area contributed by atoms with Crippen molar-refractivity contribution in [3.05, 3.63) is 41.1 Å². The molecule has 1 fully saturated rings. The lowest BCUT2D eigenvalue weighted by Crippen LogP contribution is -2.45. The molecule has 3 aliphatic rings. The van der Waals surface area contributed by atoms with E-state index in [2.05, 4.69) is 27.7 Å². The van der Waals surface area contributed by atoms with Crippen LogP contribution in [0.25, 0.3) is 0 Å². The van der Waals surface area contributed by atoms with Crippen molar-refractivity contribution in [2.45, 2.75) is 79.2 Å². The molecule has 0 N–H and O–H groups in total. The van der Waals surface area contributed by atoms with E-state index in [9.17, 15) is 9.59 Å². The first-order valence-electron chi connectivity index (χ1n) is 11.1. The zero-order chi connectivity index (χ0) is 21.8. The topological polar surface area (TPSA) is 55.7 Å². The van der Waals surface area contributed by atoms with Crippen LogP contribution in [-0.2, 0) is 9.59 Å². The number of benzene rings is 1. The molecule has 0 aromatic heterocycles. The lowest BCUT2D eigenvalue weighted by molar-refractivity contribution is -0.124. The van der Waals surface area contributed by atoms with E-state index >= 15 is 0 Å². The number of carbonyl (C=O) groups is 2. The van der Waals surface area contributed by atoms with Crippen LogP contribution in [0.5, 0.6) is 5.75 Å². The van der Waals surface area contributed by atoms with Crippen LogP contribution in [0.2, 0.25) is 0 Å². The Morgan fingerprint density at radius 2 is 1.53 bits per heavy atom. The largest absolute Gasteiger partial charge is 0.491 e. The molecular formula is C26H33NO3. The molecule has 2 aliphatic carbocycles. The Morgan fingerprint density at radius 3 is 2.17 bits per heavy atom. The van der Waals surface area contributed by atoms with Crippen LogP contribution in [-0.4, -0.2) is 23.4 Å². The number of Topliss-reactive ketones (excluding diaryl/α,β-unsaturated/α-hetero) is 2. The molecule has 4 heteroatoms. The Kier molecular flexibility index (Phi) is 5.03. The molecule has 1 heterocycles. The quantitative estimate of drug-likeness (QED) is 0.649. The zero-order valence-corrected chi connectivity index (χ0v) is 19.0. The molecule has 1 aromatic carbocycles. The highest BCUT2D eigenvalue weighted by atomic mass is 16.5. The van der Waals surface area contributed by atoms with E-state index in [0.29, 0.717) is 12.8 Å². The number of ketones is 2. The standard InChI is InChI=1S/C26H33NO3/c1-15(2)30-17-9-7-16(8-10-17)22-23-18(11-25(3,4)13-20(23)28)27-19-12-26(5,6)14-21(29)24(19)22/h7-10,15,22-23H,11-14H2,1-6H3/t22-,23?/m0/s1. The summed E-state index contributed by atoms with van der Waals surface area (Å²) < 4.78 is 5.80. The second-order valence-corrected chi connectivity index (χ2v) is 11.1. The maximum atomic E-state index is 13.3. The van der Waals surface area contributed by atoms with Crippen molar-refractivity contribution in [3.8, 4) is 5.75 Å². The Balaban J connectivity index is 1.82. The van der Waals surface area contributed by atoms with Crippen molar-refractivity contribution >= 4 is 17.3 Å². The average Bonchev–Trinajstić information content (AvgIpc) is 2.58. The first-order valence-corrected chi connectivity index (χ1v) is 11.1. The smallest absolute Gasteiger partial charge is 0.161 e. The SMILES string of the molecule is CC(C)Oc1ccc([C@@H]2C3=C(CC(C)(C)CC3=O)N=C3CC(C)(C)CC(=O)C32)cc1. The number of hydrogen-bond acceptors (Lipinski definition) is 4. The van der Waals surface area contributed by atoms with Crippen molar-refractivity contribution in [2.24, 2.45) is 21.7 Å². The van der Waals surface area contributed by atoms with Gasteiger partial charge in [-0.1, -0.05) is 39.8 Å². The molecule has 1 unspecified atom stereocenters. The van der Waals surface area contributed by atoms with Crippen LogP contribution >= 0.6 is 0 Å². The normalized spacial score (nSPS) is 27.5. The number of nitrogens with zero attached hydrogens (tertiary/aromatic N) is 1. The highest BCUT2D eigenvalue weighted by molar-refractivity contribution is 6.13. The molecular weight excluding hydrogens is 374 g/mol. The highest BCUT2D eigenvalue weighted by Gasteiger charge is 2.49. The third kappa shape index (κ3) is 3.89. The van der Waals surface area contributed by atoms with E-state index in [1.165, 1.54) is 0 Å². The van der Waals surface area contributed by atoms with Crippen molar-refractivity contribution in [1.82, 2.24) is 0 Å². The Bertz CT molecular complexity index is 947. The van der Waals surface area contributed by atoms with Crippen molar-refractivity contribution in [1.29, 1.82) is 0 Å². The molecule has 1 saturated carbocycles. The number of aliphatic imine (C=N–C) groups is 1. The van der Waals surface area contributed by atoms with Gasteiger partial charge in [0.1, 0.15) is 11.5 Å². The summed E-state index contributed by atoms with van der Waals surface area (Å²) in [5.41, 5.74) is 3.47. The fourth-order valence-electron chi connectivity index (χ4n) is 5.40.